The van der Waals surface area contributed by atoms with E-state index in [1.54, 1.807) is 51.0 Å². The van der Waals surface area contributed by atoms with Crippen molar-refractivity contribution in [3.05, 3.63) is 39.1 Å². The number of rotatable bonds is 7. The number of ether oxygens (including phenoxy) is 3. The number of methoxy groups -OCH3 is 3. The summed E-state index contributed by atoms with van der Waals surface area (Å²) >= 11 is 1.57. The second-order valence-electron chi connectivity index (χ2n) is 6.72. The lowest BCUT2D eigenvalue weighted by Gasteiger charge is -2.19. The highest BCUT2D eigenvalue weighted by atomic mass is 32.1. The van der Waals surface area contributed by atoms with Crippen LogP contribution in [0, 0.1) is 5.92 Å². The zero-order chi connectivity index (χ0) is 20.1. The lowest BCUT2D eigenvalue weighted by atomic mass is 9.87. The van der Waals surface area contributed by atoms with Crippen molar-refractivity contribution in [3.8, 4) is 17.2 Å². The highest BCUT2D eigenvalue weighted by Gasteiger charge is 2.22. The molecule has 0 saturated heterocycles. The fourth-order valence-corrected chi connectivity index (χ4v) is 4.53. The van der Waals surface area contributed by atoms with Crippen LogP contribution >= 0.6 is 11.3 Å². The first-order valence-electron chi connectivity index (χ1n) is 9.34. The van der Waals surface area contributed by atoms with Gasteiger partial charge in [0.15, 0.2) is 11.5 Å². The topological polar surface area (TPSA) is 69.2 Å². The van der Waals surface area contributed by atoms with Gasteiger partial charge in [-0.3, -0.25) is 4.79 Å². The maximum atomic E-state index is 12.5. The molecule has 0 saturated carbocycles. The third-order valence-electron chi connectivity index (χ3n) is 5.09. The van der Waals surface area contributed by atoms with Crippen molar-refractivity contribution in [2.24, 2.45) is 11.0 Å². The van der Waals surface area contributed by atoms with Crippen LogP contribution in [0.3, 0.4) is 0 Å². The molecule has 0 unspecified atom stereocenters. The summed E-state index contributed by atoms with van der Waals surface area (Å²) in [4.78, 5) is 14.5. The molecule has 1 heterocycles. The number of carbonyl (C=O) groups is 1. The lowest BCUT2D eigenvalue weighted by molar-refractivity contribution is 0.0959. The molecule has 0 bridgehead atoms. The highest BCUT2D eigenvalue weighted by molar-refractivity contribution is 7.14. The third-order valence-corrected chi connectivity index (χ3v) is 6.33. The van der Waals surface area contributed by atoms with Gasteiger partial charge in [0.2, 0.25) is 0 Å². The van der Waals surface area contributed by atoms with Gasteiger partial charge in [0, 0.05) is 16.5 Å². The van der Waals surface area contributed by atoms with Crippen molar-refractivity contribution in [1.29, 1.82) is 0 Å². The van der Waals surface area contributed by atoms with Gasteiger partial charge < -0.3 is 14.2 Å². The van der Waals surface area contributed by atoms with Crippen LogP contribution in [0.25, 0.3) is 0 Å². The summed E-state index contributed by atoms with van der Waals surface area (Å²) < 4.78 is 15.9. The first-order chi connectivity index (χ1) is 13.6. The Bertz CT molecular complexity index is 876. The molecule has 0 radical (unpaired) electrons. The molecular weight excluding hydrogens is 376 g/mol. The van der Waals surface area contributed by atoms with Gasteiger partial charge in [-0.2, -0.15) is 5.10 Å². The van der Waals surface area contributed by atoms with E-state index in [1.807, 2.05) is 6.07 Å². The smallest absolute Gasteiger partial charge is 0.281 e. The number of hydrazone groups is 1. The lowest BCUT2D eigenvalue weighted by Crippen LogP contribution is -2.16. The van der Waals surface area contributed by atoms with Crippen molar-refractivity contribution in [1.82, 2.24) is 5.43 Å². The normalized spacial score (nSPS) is 15.9. The molecule has 6 nitrogen and oxygen atoms in total. The van der Waals surface area contributed by atoms with Gasteiger partial charge in [-0.05, 0) is 42.9 Å². The molecule has 1 aliphatic carbocycles. The van der Waals surface area contributed by atoms with E-state index in [2.05, 4.69) is 17.5 Å². The number of carbonyl (C=O) groups excluding carboxylic acids is 1. The summed E-state index contributed by atoms with van der Waals surface area (Å²) in [5.41, 5.74) is 4.61. The van der Waals surface area contributed by atoms with E-state index in [-0.39, 0.29) is 5.91 Å². The summed E-state index contributed by atoms with van der Waals surface area (Å²) in [5, 5.41) is 4.10. The first kappa shape index (κ1) is 20.2. The van der Waals surface area contributed by atoms with Crippen LogP contribution in [-0.4, -0.2) is 33.5 Å². The molecular formula is C21H26N2O4S. The summed E-state index contributed by atoms with van der Waals surface area (Å²) in [6.07, 6.45) is 6.08. The van der Waals surface area contributed by atoms with Gasteiger partial charge in [0.1, 0.15) is 5.75 Å². The fourth-order valence-electron chi connectivity index (χ4n) is 3.43. The molecule has 0 fully saturated rings. The molecule has 0 spiro atoms. The molecule has 28 heavy (non-hydrogen) atoms. The average molecular weight is 403 g/mol. The number of amides is 1. The van der Waals surface area contributed by atoms with Crippen LogP contribution in [0.5, 0.6) is 17.2 Å². The number of hydrogen-bond acceptors (Lipinski definition) is 6. The van der Waals surface area contributed by atoms with Crippen LogP contribution < -0.4 is 19.6 Å². The van der Waals surface area contributed by atoms with Gasteiger partial charge in [-0.1, -0.05) is 13.3 Å². The molecule has 1 aromatic carbocycles. The van der Waals surface area contributed by atoms with Gasteiger partial charge in [-0.15, -0.1) is 11.3 Å². The van der Waals surface area contributed by atoms with E-state index >= 15 is 0 Å². The molecule has 1 aromatic heterocycles. The minimum absolute atomic E-state index is 0.192. The summed E-state index contributed by atoms with van der Waals surface area (Å²) in [5.74, 6) is 2.24. The molecule has 1 aliphatic rings. The van der Waals surface area contributed by atoms with E-state index in [0.29, 0.717) is 27.7 Å². The molecule has 2 aromatic rings. The Morgan fingerprint density at radius 1 is 1.18 bits per heavy atom. The molecule has 1 N–H and O–H groups in total. The molecule has 1 amide bonds. The predicted molar refractivity (Wildman–Crippen MR) is 111 cm³/mol. The van der Waals surface area contributed by atoms with E-state index in [4.69, 9.17) is 14.2 Å². The SMILES string of the molecule is CC[C@H]1CCc2sc(C(=O)N/N=C\c3cc(OC)c(OC)cc3OC)cc2C1. The number of thiophene rings is 1. The minimum Gasteiger partial charge on any atom is -0.496 e. The van der Waals surface area contributed by atoms with Crippen molar-refractivity contribution in [2.75, 3.05) is 21.3 Å². The largest absolute Gasteiger partial charge is 0.496 e. The molecule has 7 heteroatoms. The number of nitrogens with zero attached hydrogens (tertiary/aromatic N) is 1. The Hall–Kier alpha value is -2.54. The number of hydrogen-bond donors (Lipinski definition) is 1. The number of fused-ring (bicyclic) bond motifs is 1. The average Bonchev–Trinajstić information content (AvgIpc) is 3.16. The van der Waals surface area contributed by atoms with Crippen LogP contribution in [-0.2, 0) is 12.8 Å². The Balaban J connectivity index is 1.71. The van der Waals surface area contributed by atoms with Crippen LogP contribution in [0.4, 0.5) is 0 Å². The maximum absolute atomic E-state index is 12.5. The minimum atomic E-state index is -0.192. The molecule has 1 atom stereocenters. The van der Waals surface area contributed by atoms with Gasteiger partial charge in [-0.25, -0.2) is 5.43 Å². The highest BCUT2D eigenvalue weighted by Crippen LogP contribution is 2.34. The first-order valence-corrected chi connectivity index (χ1v) is 10.2. The van der Waals surface area contributed by atoms with E-state index in [1.165, 1.54) is 23.3 Å². The van der Waals surface area contributed by atoms with Crippen LogP contribution in [0.15, 0.2) is 23.3 Å². The number of aryl methyl sites for hydroxylation is 1. The standard InChI is InChI=1S/C21H26N2O4S/c1-5-13-6-7-19-14(8-13)10-20(28-19)21(24)23-22-12-15-9-17(26-3)18(27-4)11-16(15)25-2/h9-13H,5-8H2,1-4H3,(H,23,24)/b22-12-/t13-/m0/s1. The van der Waals surface area contributed by atoms with Gasteiger partial charge in [0.25, 0.3) is 5.91 Å². The Morgan fingerprint density at radius 3 is 2.57 bits per heavy atom. The van der Waals surface area contributed by atoms with E-state index in [9.17, 15) is 4.79 Å². The third kappa shape index (κ3) is 4.30. The zero-order valence-electron chi connectivity index (χ0n) is 16.7. The zero-order valence-corrected chi connectivity index (χ0v) is 17.5. The number of benzene rings is 1. The maximum Gasteiger partial charge on any atom is 0.281 e. The van der Waals surface area contributed by atoms with E-state index in [0.717, 1.165) is 18.8 Å². The van der Waals surface area contributed by atoms with E-state index < -0.39 is 0 Å². The molecule has 150 valence electrons. The summed E-state index contributed by atoms with van der Waals surface area (Å²) in [6.45, 7) is 2.23. The quantitative estimate of drug-likeness (QED) is 0.560. The Labute approximate surface area is 169 Å². The Morgan fingerprint density at radius 2 is 1.89 bits per heavy atom. The monoisotopic (exact) mass is 402 g/mol. The van der Waals surface area contributed by atoms with Crippen molar-refractivity contribution in [3.63, 3.8) is 0 Å². The second-order valence-corrected chi connectivity index (χ2v) is 7.86. The van der Waals surface area contributed by atoms with Crippen molar-refractivity contribution in [2.45, 2.75) is 32.6 Å². The second kappa shape index (κ2) is 9.10. The van der Waals surface area contributed by atoms with Gasteiger partial charge in [0.05, 0.1) is 32.4 Å². The Kier molecular flexibility index (Phi) is 6.57. The predicted octanol–water partition coefficient (Wildman–Crippen LogP) is 4.05. The van der Waals surface area contributed by atoms with Crippen molar-refractivity contribution < 1.29 is 19.0 Å². The van der Waals surface area contributed by atoms with Crippen LogP contribution in [0.2, 0.25) is 0 Å². The molecule has 3 rings (SSSR count). The van der Waals surface area contributed by atoms with Crippen molar-refractivity contribution >= 4 is 23.5 Å². The summed E-state index contributed by atoms with van der Waals surface area (Å²) in [7, 11) is 4.69. The fraction of sp³-hybridized carbons (Fsp3) is 0.429. The van der Waals surface area contributed by atoms with Crippen LogP contribution in [0.1, 0.15) is 45.4 Å². The van der Waals surface area contributed by atoms with Gasteiger partial charge >= 0.3 is 0 Å². The molecule has 0 aliphatic heterocycles. The summed E-state index contributed by atoms with van der Waals surface area (Å²) in [6, 6.07) is 5.49. The number of nitrogens with one attached hydrogen (secondary N) is 1.